The summed E-state index contributed by atoms with van der Waals surface area (Å²) in [4.78, 5) is 0. The van der Waals surface area contributed by atoms with E-state index in [1.54, 1.807) is 5.19 Å². The van der Waals surface area contributed by atoms with Gasteiger partial charge in [-0.1, -0.05) is 86.6 Å². The maximum atomic E-state index is 4.68. The summed E-state index contributed by atoms with van der Waals surface area (Å²) in [7, 11) is -1.50. The highest BCUT2D eigenvalue weighted by Crippen LogP contribution is 2.31. The lowest BCUT2D eigenvalue weighted by Gasteiger charge is -2.34. The summed E-state index contributed by atoms with van der Waals surface area (Å²) in [6, 6.07) is 23.6. The van der Waals surface area contributed by atoms with Crippen LogP contribution in [0.5, 0.6) is 0 Å². The standard InChI is InChI=1S/C21H26BN3Si/c1-4-26(5-2,6-3)21-14-10-8-12-18(21)22-24-19-13-9-7-11-17(19)20-15-16-23-25(20)22/h7-16,24H,4-6H2,1-3H3. The summed E-state index contributed by atoms with van der Waals surface area (Å²) >= 11 is 0. The van der Waals surface area contributed by atoms with Crippen LogP contribution in [0.15, 0.2) is 60.8 Å². The van der Waals surface area contributed by atoms with Crippen LogP contribution in [0.3, 0.4) is 0 Å². The molecule has 0 unspecified atom stereocenters. The Balaban J connectivity index is 1.89. The summed E-state index contributed by atoms with van der Waals surface area (Å²) in [6.07, 6.45) is 1.92. The Labute approximate surface area is 157 Å². The van der Waals surface area contributed by atoms with E-state index in [1.165, 1.54) is 40.5 Å². The largest absolute Gasteiger partial charge is 0.430 e. The third kappa shape index (κ3) is 2.53. The van der Waals surface area contributed by atoms with Crippen molar-refractivity contribution in [1.29, 1.82) is 0 Å². The molecule has 1 aliphatic rings. The van der Waals surface area contributed by atoms with Crippen LogP contribution >= 0.6 is 0 Å². The van der Waals surface area contributed by atoms with Gasteiger partial charge in [-0.3, -0.25) is 4.59 Å². The lowest BCUT2D eigenvalue weighted by Crippen LogP contribution is -2.61. The molecule has 0 spiro atoms. The number of nitrogens with zero attached hydrogens (tertiary/aromatic N) is 2. The smallest absolute Gasteiger partial charge is 0.404 e. The number of hydrogen-bond acceptors (Lipinski definition) is 2. The summed E-state index contributed by atoms with van der Waals surface area (Å²) in [6.45, 7) is 7.18. The van der Waals surface area contributed by atoms with Crippen molar-refractivity contribution in [1.82, 2.24) is 9.69 Å². The molecule has 0 atom stereocenters. The van der Waals surface area contributed by atoms with Crippen molar-refractivity contribution in [2.45, 2.75) is 38.9 Å². The molecule has 0 saturated heterocycles. The molecular weight excluding hydrogens is 333 g/mol. The van der Waals surface area contributed by atoms with Crippen LogP contribution < -0.4 is 15.9 Å². The fourth-order valence-electron chi connectivity index (χ4n) is 4.52. The van der Waals surface area contributed by atoms with Gasteiger partial charge in [0.05, 0.1) is 13.8 Å². The Hall–Kier alpha value is -2.27. The highest BCUT2D eigenvalue weighted by Gasteiger charge is 2.37. The minimum atomic E-state index is -1.50. The van der Waals surface area contributed by atoms with Gasteiger partial charge >= 0.3 is 6.98 Å². The van der Waals surface area contributed by atoms with Gasteiger partial charge in [-0.25, -0.2) is 0 Å². The van der Waals surface area contributed by atoms with Gasteiger partial charge in [0, 0.05) is 17.4 Å². The van der Waals surface area contributed by atoms with Gasteiger partial charge in [-0.15, -0.1) is 0 Å². The SMILES string of the molecule is CC[Si](CC)(CC)c1ccccc1B1Nc2ccccc2-c2ccnn21. The zero-order chi connectivity index (χ0) is 18.1. The second kappa shape index (κ2) is 6.80. The normalized spacial score (nSPS) is 13.1. The number of fused-ring (bicyclic) bond motifs is 3. The molecular formula is C21H26BN3Si. The van der Waals surface area contributed by atoms with Crippen molar-refractivity contribution in [3.63, 3.8) is 0 Å². The summed E-state index contributed by atoms with van der Waals surface area (Å²) < 4.78 is 2.15. The van der Waals surface area contributed by atoms with E-state index >= 15 is 0 Å². The number of aromatic nitrogens is 2. The quantitative estimate of drug-likeness (QED) is 0.700. The molecule has 2 aromatic carbocycles. The topological polar surface area (TPSA) is 29.9 Å². The molecule has 1 N–H and O–H groups in total. The van der Waals surface area contributed by atoms with Crippen LogP contribution in [0.2, 0.25) is 18.1 Å². The first-order chi connectivity index (χ1) is 12.7. The second-order valence-electron chi connectivity index (χ2n) is 7.18. The molecule has 3 aromatic rings. The van der Waals surface area contributed by atoms with Gasteiger partial charge in [0.15, 0.2) is 0 Å². The zero-order valence-electron chi connectivity index (χ0n) is 15.9. The molecule has 0 fully saturated rings. The molecule has 0 amide bonds. The van der Waals surface area contributed by atoms with E-state index in [9.17, 15) is 0 Å². The predicted molar refractivity (Wildman–Crippen MR) is 115 cm³/mol. The van der Waals surface area contributed by atoms with Crippen molar-refractivity contribution < 1.29 is 0 Å². The second-order valence-corrected chi connectivity index (χ2v) is 12.4. The summed E-state index contributed by atoms with van der Waals surface area (Å²) in [5.74, 6) is 0. The van der Waals surface area contributed by atoms with Gasteiger partial charge in [0.1, 0.15) is 0 Å². The molecule has 0 aliphatic carbocycles. The van der Waals surface area contributed by atoms with Crippen LogP contribution in [-0.4, -0.2) is 24.7 Å². The van der Waals surface area contributed by atoms with Crippen molar-refractivity contribution in [2.75, 3.05) is 5.23 Å². The van der Waals surface area contributed by atoms with Crippen LogP contribution in [0, 0.1) is 0 Å². The molecule has 4 rings (SSSR count). The minimum Gasteiger partial charge on any atom is -0.404 e. The molecule has 0 bridgehead atoms. The van der Waals surface area contributed by atoms with Crippen molar-refractivity contribution in [3.8, 4) is 11.3 Å². The maximum absolute atomic E-state index is 4.68. The van der Waals surface area contributed by atoms with Gasteiger partial charge in [0.2, 0.25) is 0 Å². The lowest BCUT2D eigenvalue weighted by atomic mass is 9.66. The van der Waals surface area contributed by atoms with Gasteiger partial charge in [0.25, 0.3) is 0 Å². The number of benzene rings is 2. The molecule has 132 valence electrons. The van der Waals surface area contributed by atoms with E-state index in [1.807, 2.05) is 6.20 Å². The molecule has 0 saturated carbocycles. The van der Waals surface area contributed by atoms with E-state index in [0.29, 0.717) is 0 Å². The maximum Gasteiger partial charge on any atom is 0.430 e. The Morgan fingerprint density at radius 2 is 1.62 bits per heavy atom. The van der Waals surface area contributed by atoms with E-state index in [4.69, 9.17) is 0 Å². The Kier molecular flexibility index (Phi) is 4.49. The Bertz CT molecular complexity index is 909. The monoisotopic (exact) mass is 359 g/mol. The van der Waals surface area contributed by atoms with Gasteiger partial charge < -0.3 is 5.23 Å². The Morgan fingerprint density at radius 3 is 2.38 bits per heavy atom. The molecule has 26 heavy (non-hydrogen) atoms. The average molecular weight is 359 g/mol. The van der Waals surface area contributed by atoms with Gasteiger partial charge in [-0.2, -0.15) is 5.10 Å². The van der Waals surface area contributed by atoms with Gasteiger partial charge in [-0.05, 0) is 17.6 Å². The lowest BCUT2D eigenvalue weighted by molar-refractivity contribution is 0.963. The molecule has 1 aromatic heterocycles. The van der Waals surface area contributed by atoms with Crippen LogP contribution in [0.25, 0.3) is 11.3 Å². The number of nitrogens with one attached hydrogen (secondary N) is 1. The van der Waals surface area contributed by atoms with E-state index in [2.05, 4.69) is 90.3 Å². The van der Waals surface area contributed by atoms with Crippen LogP contribution in [-0.2, 0) is 0 Å². The molecule has 1 aliphatic heterocycles. The van der Waals surface area contributed by atoms with E-state index in [0.717, 1.165) is 0 Å². The average Bonchev–Trinajstić information content (AvgIpc) is 3.20. The third-order valence-corrected chi connectivity index (χ3v) is 11.9. The van der Waals surface area contributed by atoms with E-state index in [-0.39, 0.29) is 6.98 Å². The van der Waals surface area contributed by atoms with Crippen molar-refractivity contribution in [3.05, 3.63) is 60.8 Å². The molecule has 5 heteroatoms. The molecule has 0 radical (unpaired) electrons. The van der Waals surface area contributed by atoms with Crippen LogP contribution in [0.4, 0.5) is 5.69 Å². The molecule has 2 heterocycles. The van der Waals surface area contributed by atoms with E-state index < -0.39 is 8.07 Å². The Morgan fingerprint density at radius 1 is 0.923 bits per heavy atom. The van der Waals surface area contributed by atoms with Crippen molar-refractivity contribution >= 4 is 31.4 Å². The summed E-state index contributed by atoms with van der Waals surface area (Å²) in [5.41, 5.74) is 5.00. The highest BCUT2D eigenvalue weighted by molar-refractivity contribution is 6.96. The fourth-order valence-corrected chi connectivity index (χ4v) is 8.45. The highest BCUT2D eigenvalue weighted by atomic mass is 28.3. The number of rotatable bonds is 5. The first-order valence-corrected chi connectivity index (χ1v) is 12.3. The minimum absolute atomic E-state index is 0.0580. The number of hydrogen-bond donors (Lipinski definition) is 1. The number of anilines is 1. The fraction of sp³-hybridized carbons (Fsp3) is 0.286. The van der Waals surface area contributed by atoms with Crippen LogP contribution in [0.1, 0.15) is 20.8 Å². The first kappa shape index (κ1) is 17.2. The first-order valence-electron chi connectivity index (χ1n) is 9.73. The van der Waals surface area contributed by atoms with Crippen molar-refractivity contribution in [2.24, 2.45) is 0 Å². The molecule has 3 nitrogen and oxygen atoms in total. The predicted octanol–water partition coefficient (Wildman–Crippen LogP) is 3.93. The zero-order valence-corrected chi connectivity index (χ0v) is 16.9. The summed E-state index contributed by atoms with van der Waals surface area (Å²) in [5, 5.41) is 10.0. The third-order valence-electron chi connectivity index (χ3n) is 6.27. The number of para-hydroxylation sites is 1.